The van der Waals surface area contributed by atoms with Crippen molar-refractivity contribution in [3.8, 4) is 0 Å². The quantitative estimate of drug-likeness (QED) is 0.745. The molecule has 1 N–H and O–H groups in total. The van der Waals surface area contributed by atoms with Gasteiger partial charge < -0.3 is 5.32 Å². The lowest BCUT2D eigenvalue weighted by molar-refractivity contribution is -0.114. The summed E-state index contributed by atoms with van der Waals surface area (Å²) >= 11 is 0. The zero-order valence-corrected chi connectivity index (χ0v) is 7.73. The summed E-state index contributed by atoms with van der Waals surface area (Å²) in [6.45, 7) is 3.35. The molecule has 0 saturated carbocycles. The first-order valence-electron chi connectivity index (χ1n) is 4.19. The second-order valence-electron chi connectivity index (χ2n) is 2.84. The largest absolute Gasteiger partial charge is 0.326 e. The number of carbonyl (C=O) groups is 1. The third-order valence-corrected chi connectivity index (χ3v) is 1.76. The molecule has 0 radical (unpaired) electrons. The van der Waals surface area contributed by atoms with E-state index in [0.717, 1.165) is 5.56 Å². The minimum absolute atomic E-state index is 0.138. The molecule has 0 atom stereocenters. The molecule has 2 nitrogen and oxygen atoms in total. The number of carbonyl (C=O) groups excluding carboxylic acids is 1. The number of amides is 1. The van der Waals surface area contributed by atoms with E-state index < -0.39 is 0 Å². The van der Waals surface area contributed by atoms with E-state index in [1.165, 1.54) is 19.1 Å². The van der Waals surface area contributed by atoms with Crippen LogP contribution in [-0.4, -0.2) is 5.91 Å². The lowest BCUT2D eigenvalue weighted by Crippen LogP contribution is -2.07. The van der Waals surface area contributed by atoms with E-state index in [2.05, 4.69) is 5.32 Å². The molecule has 0 unspecified atom stereocenters. The van der Waals surface area contributed by atoms with Crippen LogP contribution >= 0.6 is 0 Å². The Hall–Kier alpha value is -1.38. The highest BCUT2D eigenvalue weighted by atomic mass is 19.1. The molecule has 0 aliphatic rings. The maximum atomic E-state index is 12.8. The van der Waals surface area contributed by atoms with E-state index in [4.69, 9.17) is 0 Å². The maximum absolute atomic E-state index is 12.8. The number of halogens is 1. The Morgan fingerprint density at radius 2 is 2.23 bits per heavy atom. The third kappa shape index (κ3) is 2.54. The number of anilines is 1. The van der Waals surface area contributed by atoms with Gasteiger partial charge >= 0.3 is 0 Å². The molecule has 0 heterocycles. The summed E-state index contributed by atoms with van der Waals surface area (Å²) in [6, 6.07) is 4.35. The highest BCUT2D eigenvalue weighted by Gasteiger charge is 2.02. The number of nitrogens with one attached hydrogen (secondary N) is 1. The first-order valence-corrected chi connectivity index (χ1v) is 4.19. The highest BCUT2D eigenvalue weighted by Crippen LogP contribution is 2.17. The number of benzene rings is 1. The van der Waals surface area contributed by atoms with Gasteiger partial charge in [-0.1, -0.05) is 6.92 Å². The lowest BCUT2D eigenvalue weighted by Gasteiger charge is -2.07. The normalized spacial score (nSPS) is 9.77. The first kappa shape index (κ1) is 9.71. The summed E-state index contributed by atoms with van der Waals surface area (Å²) in [4.78, 5) is 10.8. The Morgan fingerprint density at radius 1 is 1.54 bits per heavy atom. The predicted octanol–water partition coefficient (Wildman–Crippen LogP) is 2.35. The van der Waals surface area contributed by atoms with Gasteiger partial charge in [0.1, 0.15) is 5.82 Å². The molecule has 0 fully saturated rings. The molecule has 0 spiro atoms. The molecule has 0 aromatic heterocycles. The van der Waals surface area contributed by atoms with E-state index in [1.807, 2.05) is 6.92 Å². The second kappa shape index (κ2) is 4.03. The summed E-state index contributed by atoms with van der Waals surface area (Å²) in [5.74, 6) is -0.410. The Morgan fingerprint density at radius 3 is 2.77 bits per heavy atom. The van der Waals surface area contributed by atoms with Crippen molar-refractivity contribution >= 4 is 11.6 Å². The minimum atomic E-state index is -0.272. The van der Waals surface area contributed by atoms with Gasteiger partial charge in [0.15, 0.2) is 0 Å². The van der Waals surface area contributed by atoms with Crippen LogP contribution in [0.2, 0.25) is 0 Å². The molecule has 1 aromatic rings. The molecule has 1 amide bonds. The van der Waals surface area contributed by atoms with Crippen LogP contribution in [0.3, 0.4) is 0 Å². The second-order valence-corrected chi connectivity index (χ2v) is 2.84. The fourth-order valence-electron chi connectivity index (χ4n) is 1.17. The molecule has 1 aromatic carbocycles. The van der Waals surface area contributed by atoms with Crippen LogP contribution in [0.4, 0.5) is 10.1 Å². The van der Waals surface area contributed by atoms with Gasteiger partial charge in [-0.05, 0) is 30.2 Å². The van der Waals surface area contributed by atoms with E-state index in [-0.39, 0.29) is 11.7 Å². The van der Waals surface area contributed by atoms with Gasteiger partial charge in [-0.3, -0.25) is 4.79 Å². The highest BCUT2D eigenvalue weighted by molar-refractivity contribution is 5.89. The topological polar surface area (TPSA) is 29.1 Å². The monoisotopic (exact) mass is 181 g/mol. The fraction of sp³-hybridized carbons (Fsp3) is 0.300. The van der Waals surface area contributed by atoms with Gasteiger partial charge in [0, 0.05) is 12.6 Å². The van der Waals surface area contributed by atoms with Crippen molar-refractivity contribution in [1.29, 1.82) is 0 Å². The number of hydrogen-bond acceptors (Lipinski definition) is 1. The summed E-state index contributed by atoms with van der Waals surface area (Å²) < 4.78 is 12.8. The SMILES string of the molecule is CCc1cc(F)ccc1NC(C)=O. The van der Waals surface area contributed by atoms with Crippen molar-refractivity contribution in [2.45, 2.75) is 20.3 Å². The van der Waals surface area contributed by atoms with Crippen molar-refractivity contribution in [3.63, 3.8) is 0 Å². The third-order valence-electron chi connectivity index (χ3n) is 1.76. The van der Waals surface area contributed by atoms with Crippen LogP contribution in [0.1, 0.15) is 19.4 Å². The predicted molar refractivity (Wildman–Crippen MR) is 50.1 cm³/mol. The molecule has 0 aliphatic carbocycles. The Kier molecular flexibility index (Phi) is 3.01. The van der Waals surface area contributed by atoms with Gasteiger partial charge in [0.2, 0.25) is 5.91 Å². The Bertz CT molecular complexity index is 323. The standard InChI is InChI=1S/C10H12FNO/c1-3-8-6-9(11)4-5-10(8)12-7(2)13/h4-6H,3H2,1-2H3,(H,12,13). The van der Waals surface area contributed by atoms with Crippen LogP contribution in [0.15, 0.2) is 18.2 Å². The Balaban J connectivity index is 2.99. The van der Waals surface area contributed by atoms with Crippen molar-refractivity contribution in [2.24, 2.45) is 0 Å². The zero-order valence-electron chi connectivity index (χ0n) is 7.73. The number of rotatable bonds is 2. The summed E-state index contributed by atoms with van der Waals surface area (Å²) in [6.07, 6.45) is 0.702. The maximum Gasteiger partial charge on any atom is 0.221 e. The van der Waals surface area contributed by atoms with E-state index in [1.54, 1.807) is 6.07 Å². The van der Waals surface area contributed by atoms with Crippen LogP contribution in [0.5, 0.6) is 0 Å². The molecule has 3 heteroatoms. The summed E-state index contributed by atoms with van der Waals surface area (Å²) in [5, 5.41) is 2.65. The average molecular weight is 181 g/mol. The Labute approximate surface area is 76.8 Å². The van der Waals surface area contributed by atoms with Crippen molar-refractivity contribution in [3.05, 3.63) is 29.6 Å². The van der Waals surface area contributed by atoms with Crippen LogP contribution in [-0.2, 0) is 11.2 Å². The van der Waals surface area contributed by atoms with E-state index in [9.17, 15) is 9.18 Å². The first-order chi connectivity index (χ1) is 6.13. The van der Waals surface area contributed by atoms with Crippen LogP contribution < -0.4 is 5.32 Å². The minimum Gasteiger partial charge on any atom is -0.326 e. The van der Waals surface area contributed by atoms with Gasteiger partial charge in [-0.15, -0.1) is 0 Å². The van der Waals surface area contributed by atoms with Crippen LogP contribution in [0, 0.1) is 5.82 Å². The molecular formula is C10H12FNO. The molecule has 0 aliphatic heterocycles. The summed E-state index contributed by atoms with van der Waals surface area (Å²) in [7, 11) is 0. The molecule has 13 heavy (non-hydrogen) atoms. The molecular weight excluding hydrogens is 169 g/mol. The molecule has 1 rings (SSSR count). The van der Waals surface area contributed by atoms with Gasteiger partial charge in [-0.25, -0.2) is 4.39 Å². The number of aryl methyl sites for hydroxylation is 1. The fourth-order valence-corrected chi connectivity index (χ4v) is 1.17. The van der Waals surface area contributed by atoms with Crippen molar-refractivity contribution < 1.29 is 9.18 Å². The smallest absolute Gasteiger partial charge is 0.221 e. The van der Waals surface area contributed by atoms with Crippen LogP contribution in [0.25, 0.3) is 0 Å². The van der Waals surface area contributed by atoms with Gasteiger partial charge in [0.05, 0.1) is 0 Å². The lowest BCUT2D eigenvalue weighted by atomic mass is 10.1. The van der Waals surface area contributed by atoms with Crippen molar-refractivity contribution in [2.75, 3.05) is 5.32 Å². The average Bonchev–Trinajstić information content (AvgIpc) is 2.07. The zero-order chi connectivity index (χ0) is 9.84. The molecule has 70 valence electrons. The van der Waals surface area contributed by atoms with E-state index in [0.29, 0.717) is 12.1 Å². The summed E-state index contributed by atoms with van der Waals surface area (Å²) in [5.41, 5.74) is 1.51. The van der Waals surface area contributed by atoms with E-state index >= 15 is 0 Å². The van der Waals surface area contributed by atoms with Gasteiger partial charge in [-0.2, -0.15) is 0 Å². The van der Waals surface area contributed by atoms with Crippen molar-refractivity contribution in [1.82, 2.24) is 0 Å². The number of hydrogen-bond donors (Lipinski definition) is 1. The molecule has 0 saturated heterocycles. The van der Waals surface area contributed by atoms with Gasteiger partial charge in [0.25, 0.3) is 0 Å². The molecule has 0 bridgehead atoms.